The molecule has 0 fully saturated rings. The smallest absolute Gasteiger partial charge is 0.319 e. The highest BCUT2D eigenvalue weighted by Gasteiger charge is 2.06. The lowest BCUT2D eigenvalue weighted by atomic mass is 10.3. The molecule has 5 heteroatoms. The van der Waals surface area contributed by atoms with Crippen molar-refractivity contribution in [1.82, 2.24) is 5.32 Å². The second kappa shape index (κ2) is 6.61. The molecule has 0 aliphatic rings. The Kier molecular flexibility index (Phi) is 5.44. The van der Waals surface area contributed by atoms with Gasteiger partial charge in [-0.25, -0.2) is 4.79 Å². The molecule has 0 unspecified atom stereocenters. The van der Waals surface area contributed by atoms with Crippen molar-refractivity contribution in [3.63, 3.8) is 0 Å². The maximum absolute atomic E-state index is 11.6. The van der Waals surface area contributed by atoms with Gasteiger partial charge in [-0.1, -0.05) is 11.6 Å². The summed E-state index contributed by atoms with van der Waals surface area (Å²) in [7, 11) is 6.40. The van der Waals surface area contributed by atoms with Crippen LogP contribution in [0, 0.1) is 0 Å². The highest BCUT2D eigenvalue weighted by Crippen LogP contribution is 2.12. The Morgan fingerprint density at radius 3 is 2.39 bits per heavy atom. The number of halogens is 1. The molecular formula is C13H21ClN3O+. The van der Waals surface area contributed by atoms with Crippen LogP contribution in [0.1, 0.15) is 6.42 Å². The third-order valence-electron chi connectivity index (χ3n) is 2.39. The number of hydrogen-bond donors (Lipinski definition) is 2. The van der Waals surface area contributed by atoms with Gasteiger partial charge >= 0.3 is 6.03 Å². The van der Waals surface area contributed by atoms with Gasteiger partial charge in [0.05, 0.1) is 27.7 Å². The summed E-state index contributed by atoms with van der Waals surface area (Å²) in [4.78, 5) is 11.6. The van der Waals surface area contributed by atoms with Gasteiger partial charge < -0.3 is 15.1 Å². The Hall–Kier alpha value is -1.26. The molecule has 100 valence electrons. The number of nitrogens with zero attached hydrogens (tertiary/aromatic N) is 1. The summed E-state index contributed by atoms with van der Waals surface area (Å²) in [6, 6.07) is 6.85. The van der Waals surface area contributed by atoms with Crippen molar-refractivity contribution < 1.29 is 9.28 Å². The molecule has 0 saturated carbocycles. The van der Waals surface area contributed by atoms with E-state index in [0.29, 0.717) is 11.6 Å². The molecule has 0 aliphatic heterocycles. The van der Waals surface area contributed by atoms with Gasteiger partial charge in [-0.2, -0.15) is 0 Å². The molecule has 18 heavy (non-hydrogen) atoms. The topological polar surface area (TPSA) is 41.1 Å². The van der Waals surface area contributed by atoms with Crippen molar-refractivity contribution in [2.45, 2.75) is 6.42 Å². The zero-order valence-corrected chi connectivity index (χ0v) is 11.9. The molecule has 0 aromatic heterocycles. The minimum Gasteiger partial charge on any atom is -0.338 e. The highest BCUT2D eigenvalue weighted by molar-refractivity contribution is 6.30. The number of carbonyl (C=O) groups is 1. The second-order valence-electron chi connectivity index (χ2n) is 5.26. The van der Waals surface area contributed by atoms with Crippen molar-refractivity contribution in [3.8, 4) is 0 Å². The van der Waals surface area contributed by atoms with Crippen LogP contribution in [0.5, 0.6) is 0 Å². The summed E-state index contributed by atoms with van der Waals surface area (Å²) in [5, 5.41) is 6.23. The lowest BCUT2D eigenvalue weighted by molar-refractivity contribution is -0.870. The van der Waals surface area contributed by atoms with E-state index in [4.69, 9.17) is 11.6 Å². The molecule has 0 spiro atoms. The van der Waals surface area contributed by atoms with Crippen molar-refractivity contribution in [1.29, 1.82) is 0 Å². The second-order valence-corrected chi connectivity index (χ2v) is 5.69. The Balaban J connectivity index is 2.24. The van der Waals surface area contributed by atoms with Crippen molar-refractivity contribution in [2.24, 2.45) is 0 Å². The monoisotopic (exact) mass is 270 g/mol. The molecule has 1 aromatic rings. The van der Waals surface area contributed by atoms with Crippen LogP contribution >= 0.6 is 11.6 Å². The Labute approximate surface area is 114 Å². The minimum absolute atomic E-state index is 0.182. The zero-order valence-electron chi connectivity index (χ0n) is 11.2. The first-order chi connectivity index (χ1) is 8.37. The van der Waals surface area contributed by atoms with E-state index < -0.39 is 0 Å². The summed E-state index contributed by atoms with van der Waals surface area (Å²) >= 11 is 5.76. The summed E-state index contributed by atoms with van der Waals surface area (Å²) in [5.74, 6) is 0. The van der Waals surface area contributed by atoms with E-state index in [1.165, 1.54) is 0 Å². The van der Waals surface area contributed by atoms with Crippen LogP contribution in [0.15, 0.2) is 24.3 Å². The molecule has 0 heterocycles. The number of nitrogens with one attached hydrogen (secondary N) is 2. The quantitative estimate of drug-likeness (QED) is 0.627. The first-order valence-corrected chi connectivity index (χ1v) is 6.35. The fraction of sp³-hybridized carbons (Fsp3) is 0.462. The average molecular weight is 271 g/mol. The first-order valence-electron chi connectivity index (χ1n) is 5.98. The van der Waals surface area contributed by atoms with Crippen LogP contribution in [0.3, 0.4) is 0 Å². The molecule has 2 amide bonds. The first kappa shape index (κ1) is 14.8. The normalized spacial score (nSPS) is 11.1. The van der Waals surface area contributed by atoms with Gasteiger partial charge in [-0.15, -0.1) is 0 Å². The fourth-order valence-electron chi connectivity index (χ4n) is 1.46. The number of hydrogen-bond acceptors (Lipinski definition) is 1. The minimum atomic E-state index is -0.182. The van der Waals surface area contributed by atoms with E-state index in [-0.39, 0.29) is 6.03 Å². The number of benzene rings is 1. The Bertz CT molecular complexity index is 384. The number of urea groups is 1. The summed E-state index contributed by atoms with van der Waals surface area (Å²) in [6.45, 7) is 1.70. The molecule has 0 aliphatic carbocycles. The predicted molar refractivity (Wildman–Crippen MR) is 76.0 cm³/mol. The Morgan fingerprint density at radius 1 is 1.22 bits per heavy atom. The van der Waals surface area contributed by atoms with Gasteiger partial charge in [0.1, 0.15) is 0 Å². The van der Waals surface area contributed by atoms with Crippen LogP contribution < -0.4 is 10.6 Å². The van der Waals surface area contributed by atoms with Crippen molar-refractivity contribution in [3.05, 3.63) is 29.3 Å². The molecule has 0 radical (unpaired) electrons. The van der Waals surface area contributed by atoms with Gasteiger partial charge in [-0.05, 0) is 24.3 Å². The van der Waals surface area contributed by atoms with Crippen LogP contribution in [0.25, 0.3) is 0 Å². The number of quaternary nitrogens is 1. The molecule has 1 aromatic carbocycles. The maximum Gasteiger partial charge on any atom is 0.319 e. The van der Waals surface area contributed by atoms with Gasteiger partial charge in [0, 0.05) is 23.7 Å². The van der Waals surface area contributed by atoms with Crippen LogP contribution in [-0.4, -0.2) is 44.7 Å². The summed E-state index contributed by atoms with van der Waals surface area (Å²) in [5.41, 5.74) is 0.739. The van der Waals surface area contributed by atoms with Gasteiger partial charge in [0.25, 0.3) is 0 Å². The van der Waals surface area contributed by atoms with E-state index >= 15 is 0 Å². The number of rotatable bonds is 5. The van der Waals surface area contributed by atoms with E-state index in [1.807, 2.05) is 0 Å². The summed E-state index contributed by atoms with van der Waals surface area (Å²) < 4.78 is 0.903. The maximum atomic E-state index is 11.6. The van der Waals surface area contributed by atoms with Crippen LogP contribution in [0.2, 0.25) is 5.02 Å². The largest absolute Gasteiger partial charge is 0.338 e. The lowest BCUT2D eigenvalue weighted by Crippen LogP contribution is -2.38. The third kappa shape index (κ3) is 6.47. The number of anilines is 1. The molecular weight excluding hydrogens is 250 g/mol. The van der Waals surface area contributed by atoms with E-state index in [2.05, 4.69) is 31.8 Å². The van der Waals surface area contributed by atoms with Crippen LogP contribution in [-0.2, 0) is 0 Å². The molecule has 0 bridgehead atoms. The molecule has 2 N–H and O–H groups in total. The SMILES string of the molecule is C[N+](C)(C)CCCNC(=O)Nc1ccc(Cl)cc1. The lowest BCUT2D eigenvalue weighted by Gasteiger charge is -2.23. The van der Waals surface area contributed by atoms with E-state index in [0.717, 1.165) is 23.1 Å². The number of amides is 2. The average Bonchev–Trinajstić information content (AvgIpc) is 2.26. The fourth-order valence-corrected chi connectivity index (χ4v) is 1.59. The van der Waals surface area contributed by atoms with Gasteiger partial charge in [0.2, 0.25) is 0 Å². The van der Waals surface area contributed by atoms with Gasteiger partial charge in [0.15, 0.2) is 0 Å². The van der Waals surface area contributed by atoms with E-state index in [1.54, 1.807) is 24.3 Å². The van der Waals surface area contributed by atoms with Crippen LogP contribution in [0.4, 0.5) is 10.5 Å². The van der Waals surface area contributed by atoms with Gasteiger partial charge in [-0.3, -0.25) is 0 Å². The van der Waals surface area contributed by atoms with E-state index in [9.17, 15) is 4.79 Å². The highest BCUT2D eigenvalue weighted by atomic mass is 35.5. The standard InChI is InChI=1S/C13H20ClN3O/c1-17(2,3)10-4-9-15-13(18)16-12-7-5-11(14)6-8-12/h5-8H,4,9-10H2,1-3H3,(H-,15,16,18)/p+1. The molecule has 0 saturated heterocycles. The Morgan fingerprint density at radius 2 is 1.83 bits per heavy atom. The third-order valence-corrected chi connectivity index (χ3v) is 2.65. The molecule has 1 rings (SSSR count). The predicted octanol–water partition coefficient (Wildman–Crippen LogP) is 2.56. The summed E-state index contributed by atoms with van der Waals surface area (Å²) in [6.07, 6.45) is 0.956. The zero-order chi connectivity index (χ0) is 13.6. The molecule has 0 atom stereocenters. The van der Waals surface area contributed by atoms with Crippen molar-refractivity contribution in [2.75, 3.05) is 39.5 Å². The number of carbonyl (C=O) groups excluding carboxylic acids is 1. The molecule has 4 nitrogen and oxygen atoms in total. The van der Waals surface area contributed by atoms with Crippen molar-refractivity contribution >= 4 is 23.3 Å².